The zero-order valence-electron chi connectivity index (χ0n) is 20.5. The monoisotopic (exact) mass is 468 g/mol. The molecule has 34 heavy (non-hydrogen) atoms. The molecule has 1 heterocycles. The number of aliphatic hydroxyl groups is 1. The number of ketones is 1. The van der Waals surface area contributed by atoms with Crippen LogP contribution >= 0.6 is 0 Å². The second kappa shape index (κ2) is 10.6. The van der Waals surface area contributed by atoms with E-state index in [-0.39, 0.29) is 11.3 Å². The second-order valence-electron chi connectivity index (χ2n) is 8.32. The minimum Gasteiger partial charge on any atom is -0.507 e. The van der Waals surface area contributed by atoms with Crippen LogP contribution in [0.4, 0.5) is 0 Å². The van der Waals surface area contributed by atoms with Gasteiger partial charge in [0.1, 0.15) is 11.5 Å². The molecule has 1 aliphatic heterocycles. The average molecular weight is 469 g/mol. The van der Waals surface area contributed by atoms with Gasteiger partial charge in [-0.25, -0.2) is 0 Å². The Morgan fingerprint density at radius 3 is 2.29 bits per heavy atom. The van der Waals surface area contributed by atoms with Crippen LogP contribution in [0.3, 0.4) is 0 Å². The van der Waals surface area contributed by atoms with E-state index >= 15 is 0 Å². The van der Waals surface area contributed by atoms with Gasteiger partial charge < -0.3 is 29.1 Å². The highest BCUT2D eigenvalue weighted by Crippen LogP contribution is 2.42. The van der Waals surface area contributed by atoms with Crippen LogP contribution in [0.1, 0.15) is 29.7 Å². The summed E-state index contributed by atoms with van der Waals surface area (Å²) in [5, 5.41) is 11.3. The fourth-order valence-corrected chi connectivity index (χ4v) is 4.06. The number of likely N-dealkylation sites (tertiary alicyclic amines) is 1. The summed E-state index contributed by atoms with van der Waals surface area (Å²) in [6.07, 6.45) is 0. The van der Waals surface area contributed by atoms with Crippen molar-refractivity contribution in [2.24, 2.45) is 0 Å². The molecule has 1 fully saturated rings. The number of likely N-dealkylation sites (N-methyl/N-ethyl adjacent to an activating group) is 1. The number of ether oxygens (including phenoxy) is 3. The third-order valence-corrected chi connectivity index (χ3v) is 5.80. The first-order valence-corrected chi connectivity index (χ1v) is 11.1. The minimum absolute atomic E-state index is 0.0412. The fourth-order valence-electron chi connectivity index (χ4n) is 4.06. The number of aryl methyl sites for hydroxylation is 1. The zero-order chi connectivity index (χ0) is 25.0. The molecule has 2 aromatic rings. The Labute approximate surface area is 200 Å². The van der Waals surface area contributed by atoms with Gasteiger partial charge in [0.15, 0.2) is 11.5 Å². The van der Waals surface area contributed by atoms with E-state index in [1.807, 2.05) is 32.8 Å². The number of hydrogen-bond donors (Lipinski definition) is 1. The maximum absolute atomic E-state index is 13.2. The first-order valence-electron chi connectivity index (χ1n) is 11.1. The third-order valence-electron chi connectivity index (χ3n) is 5.80. The lowest BCUT2D eigenvalue weighted by Crippen LogP contribution is -2.35. The van der Waals surface area contributed by atoms with E-state index in [1.165, 1.54) is 19.1 Å². The van der Waals surface area contributed by atoms with Gasteiger partial charge in [0.2, 0.25) is 0 Å². The lowest BCUT2D eigenvalue weighted by Gasteiger charge is -2.27. The Morgan fingerprint density at radius 1 is 1.03 bits per heavy atom. The third kappa shape index (κ3) is 4.87. The van der Waals surface area contributed by atoms with Gasteiger partial charge in [-0.2, -0.15) is 0 Å². The molecule has 0 spiro atoms. The fraction of sp³-hybridized carbons (Fsp3) is 0.385. The SMILES string of the molecule is CCOc1ccc(C(O)=C2C(=O)C(=O)N(CCN(C)C)C2c2ccc(OC)c(OC)c2)cc1C. The molecular formula is C26H32N2O6. The number of hydrogen-bond acceptors (Lipinski definition) is 7. The summed E-state index contributed by atoms with van der Waals surface area (Å²) in [7, 11) is 6.84. The summed E-state index contributed by atoms with van der Waals surface area (Å²) in [4.78, 5) is 29.7. The summed E-state index contributed by atoms with van der Waals surface area (Å²) in [5.74, 6) is 0.0979. The quantitative estimate of drug-likeness (QED) is 0.343. The topological polar surface area (TPSA) is 88.5 Å². The summed E-state index contributed by atoms with van der Waals surface area (Å²) in [6.45, 7) is 5.14. The molecule has 0 aliphatic carbocycles. The highest BCUT2D eigenvalue weighted by atomic mass is 16.5. The van der Waals surface area contributed by atoms with E-state index in [4.69, 9.17) is 14.2 Å². The second-order valence-corrected chi connectivity index (χ2v) is 8.32. The molecular weight excluding hydrogens is 436 g/mol. The summed E-state index contributed by atoms with van der Waals surface area (Å²) < 4.78 is 16.4. The highest BCUT2D eigenvalue weighted by Gasteiger charge is 2.46. The van der Waals surface area contributed by atoms with Gasteiger partial charge in [-0.15, -0.1) is 0 Å². The molecule has 1 saturated heterocycles. The summed E-state index contributed by atoms with van der Waals surface area (Å²) in [5.41, 5.74) is 1.94. The van der Waals surface area contributed by atoms with Crippen molar-refractivity contribution in [1.29, 1.82) is 0 Å². The Bertz CT molecular complexity index is 1110. The smallest absolute Gasteiger partial charge is 0.295 e. The molecule has 3 rings (SSSR count). The number of benzene rings is 2. The Kier molecular flexibility index (Phi) is 7.83. The largest absolute Gasteiger partial charge is 0.507 e. The summed E-state index contributed by atoms with van der Waals surface area (Å²) >= 11 is 0. The standard InChI is InChI=1S/C26H32N2O6/c1-7-34-19-10-9-18(14-16(19)2)24(29)22-23(17-8-11-20(32-5)21(15-17)33-6)28(13-12-27(3)4)26(31)25(22)30/h8-11,14-15,23,29H,7,12-13H2,1-6H3. The van der Waals surface area contributed by atoms with Crippen molar-refractivity contribution in [2.75, 3.05) is 48.0 Å². The Balaban J connectivity index is 2.17. The first-order chi connectivity index (χ1) is 16.2. The van der Waals surface area contributed by atoms with E-state index in [0.29, 0.717) is 48.1 Å². The van der Waals surface area contributed by atoms with Crippen molar-refractivity contribution in [2.45, 2.75) is 19.9 Å². The zero-order valence-corrected chi connectivity index (χ0v) is 20.5. The minimum atomic E-state index is -0.772. The molecule has 0 bridgehead atoms. The van der Waals surface area contributed by atoms with Gasteiger partial charge in [-0.1, -0.05) is 6.07 Å². The number of aliphatic hydroxyl groups excluding tert-OH is 1. The number of amides is 1. The predicted molar refractivity (Wildman–Crippen MR) is 129 cm³/mol. The molecule has 1 atom stereocenters. The van der Waals surface area contributed by atoms with Crippen molar-refractivity contribution in [3.8, 4) is 17.2 Å². The van der Waals surface area contributed by atoms with E-state index in [1.54, 1.807) is 36.4 Å². The Morgan fingerprint density at radius 2 is 1.71 bits per heavy atom. The van der Waals surface area contributed by atoms with Crippen molar-refractivity contribution in [3.05, 3.63) is 58.7 Å². The number of methoxy groups -OCH3 is 2. The van der Waals surface area contributed by atoms with E-state index in [9.17, 15) is 14.7 Å². The van der Waals surface area contributed by atoms with Crippen LogP contribution in [0, 0.1) is 6.92 Å². The van der Waals surface area contributed by atoms with Crippen molar-refractivity contribution in [1.82, 2.24) is 9.80 Å². The van der Waals surface area contributed by atoms with Gasteiger partial charge in [0.05, 0.1) is 32.4 Å². The maximum atomic E-state index is 13.2. The first kappa shape index (κ1) is 25.1. The van der Waals surface area contributed by atoms with Crippen molar-refractivity contribution < 1.29 is 28.9 Å². The number of carbonyl (C=O) groups excluding carboxylic acids is 2. The molecule has 182 valence electrons. The molecule has 2 aromatic carbocycles. The van der Waals surface area contributed by atoms with Crippen LogP contribution < -0.4 is 14.2 Å². The lowest BCUT2D eigenvalue weighted by molar-refractivity contribution is -0.140. The van der Waals surface area contributed by atoms with Gasteiger partial charge in [0, 0.05) is 18.7 Å². The van der Waals surface area contributed by atoms with Crippen LogP contribution in [-0.2, 0) is 9.59 Å². The molecule has 0 aromatic heterocycles. The van der Waals surface area contributed by atoms with Crippen molar-refractivity contribution in [3.63, 3.8) is 0 Å². The number of Topliss-reactive ketones (excluding diaryl/α,β-unsaturated/α-hetero) is 1. The van der Waals surface area contributed by atoms with Gasteiger partial charge in [0.25, 0.3) is 11.7 Å². The molecule has 1 unspecified atom stereocenters. The number of nitrogens with zero attached hydrogens (tertiary/aromatic N) is 2. The lowest BCUT2D eigenvalue weighted by atomic mass is 9.94. The van der Waals surface area contributed by atoms with Crippen LogP contribution in [0.2, 0.25) is 0 Å². The van der Waals surface area contributed by atoms with Crippen LogP contribution in [0.25, 0.3) is 5.76 Å². The molecule has 1 amide bonds. The molecule has 0 saturated carbocycles. The number of carbonyl (C=O) groups is 2. The normalized spacial score (nSPS) is 17.4. The molecule has 8 nitrogen and oxygen atoms in total. The van der Waals surface area contributed by atoms with E-state index < -0.39 is 17.7 Å². The predicted octanol–water partition coefficient (Wildman–Crippen LogP) is 3.39. The molecule has 0 radical (unpaired) electrons. The van der Waals surface area contributed by atoms with Crippen LogP contribution in [0.5, 0.6) is 17.2 Å². The average Bonchev–Trinajstić information content (AvgIpc) is 3.07. The van der Waals surface area contributed by atoms with E-state index in [0.717, 1.165) is 5.56 Å². The van der Waals surface area contributed by atoms with Gasteiger partial charge >= 0.3 is 0 Å². The van der Waals surface area contributed by atoms with Crippen molar-refractivity contribution >= 4 is 17.4 Å². The van der Waals surface area contributed by atoms with Gasteiger partial charge in [-0.05, 0) is 69.4 Å². The molecule has 1 N–H and O–H groups in total. The Hall–Kier alpha value is -3.52. The van der Waals surface area contributed by atoms with E-state index in [2.05, 4.69) is 0 Å². The maximum Gasteiger partial charge on any atom is 0.295 e. The highest BCUT2D eigenvalue weighted by molar-refractivity contribution is 6.46. The number of rotatable bonds is 9. The van der Waals surface area contributed by atoms with Crippen LogP contribution in [-0.4, -0.2) is 74.6 Å². The molecule has 8 heteroatoms. The van der Waals surface area contributed by atoms with Gasteiger partial charge in [-0.3, -0.25) is 9.59 Å². The van der Waals surface area contributed by atoms with Crippen LogP contribution in [0.15, 0.2) is 42.0 Å². The molecule has 1 aliphatic rings. The summed E-state index contributed by atoms with van der Waals surface area (Å²) in [6, 6.07) is 9.65.